The minimum absolute atomic E-state index is 0.0398. The number of alkyl halides is 3. The standard InChI is InChI=1S/C19H15ClF3NO7/c1-3-29-17(25)10(2)30-18(26)13-9-12(5-6-15(13)24(27)28)31-16-7-4-11(8-14(16)20)19(21,22)23/h4-10H,3H2,1-2H3/t10-/m0/s1. The number of nitro groups is 1. The van der Waals surface area contributed by atoms with Gasteiger partial charge in [-0.3, -0.25) is 10.1 Å². The van der Waals surface area contributed by atoms with Gasteiger partial charge in [-0.25, -0.2) is 9.59 Å². The van der Waals surface area contributed by atoms with Crippen molar-refractivity contribution in [1.82, 2.24) is 0 Å². The normalized spacial score (nSPS) is 12.1. The zero-order chi connectivity index (χ0) is 23.3. The van der Waals surface area contributed by atoms with Crippen molar-refractivity contribution in [3.8, 4) is 11.5 Å². The van der Waals surface area contributed by atoms with Gasteiger partial charge in [0.2, 0.25) is 0 Å². The van der Waals surface area contributed by atoms with Crippen molar-refractivity contribution < 1.29 is 41.9 Å². The fraction of sp³-hybridized carbons (Fsp3) is 0.263. The zero-order valence-electron chi connectivity index (χ0n) is 16.1. The lowest BCUT2D eigenvalue weighted by atomic mass is 10.1. The van der Waals surface area contributed by atoms with Crippen molar-refractivity contribution in [3.05, 3.63) is 62.7 Å². The molecular formula is C19H15ClF3NO7. The van der Waals surface area contributed by atoms with E-state index in [1.807, 2.05) is 0 Å². The van der Waals surface area contributed by atoms with Crippen molar-refractivity contribution in [3.63, 3.8) is 0 Å². The van der Waals surface area contributed by atoms with Crippen LogP contribution in [0.1, 0.15) is 29.8 Å². The van der Waals surface area contributed by atoms with E-state index in [0.29, 0.717) is 6.07 Å². The number of nitrogens with zero attached hydrogens (tertiary/aromatic N) is 1. The van der Waals surface area contributed by atoms with Gasteiger partial charge in [0, 0.05) is 12.1 Å². The molecule has 166 valence electrons. The van der Waals surface area contributed by atoms with Crippen LogP contribution in [0.15, 0.2) is 36.4 Å². The molecule has 0 fully saturated rings. The number of rotatable bonds is 7. The lowest BCUT2D eigenvalue weighted by molar-refractivity contribution is -0.385. The van der Waals surface area contributed by atoms with Gasteiger partial charge in [0.15, 0.2) is 6.10 Å². The summed E-state index contributed by atoms with van der Waals surface area (Å²) in [5.41, 5.74) is -2.17. The Bertz CT molecular complexity index is 1010. The number of halogens is 4. The van der Waals surface area contributed by atoms with Crippen LogP contribution in [0, 0.1) is 10.1 Å². The maximum Gasteiger partial charge on any atom is 0.416 e. The lowest BCUT2D eigenvalue weighted by Gasteiger charge is -2.13. The van der Waals surface area contributed by atoms with E-state index in [1.165, 1.54) is 6.92 Å². The van der Waals surface area contributed by atoms with Gasteiger partial charge in [0.25, 0.3) is 5.69 Å². The molecule has 1 atom stereocenters. The molecule has 0 bridgehead atoms. The fourth-order valence-electron chi connectivity index (χ4n) is 2.32. The van der Waals surface area contributed by atoms with E-state index in [-0.39, 0.29) is 23.1 Å². The third-order valence-corrected chi connectivity index (χ3v) is 4.07. The van der Waals surface area contributed by atoms with Crippen LogP contribution in [0.5, 0.6) is 11.5 Å². The van der Waals surface area contributed by atoms with E-state index in [2.05, 4.69) is 0 Å². The quantitative estimate of drug-likeness (QED) is 0.318. The van der Waals surface area contributed by atoms with Crippen molar-refractivity contribution in [1.29, 1.82) is 0 Å². The predicted octanol–water partition coefficient (Wildman–Crippen LogP) is 5.17. The number of hydrogen-bond acceptors (Lipinski definition) is 7. The maximum absolute atomic E-state index is 12.8. The molecule has 0 saturated heterocycles. The van der Waals surface area contributed by atoms with Crippen LogP contribution >= 0.6 is 11.6 Å². The maximum atomic E-state index is 12.8. The van der Waals surface area contributed by atoms with Crippen LogP contribution < -0.4 is 4.74 Å². The third-order valence-electron chi connectivity index (χ3n) is 3.77. The summed E-state index contributed by atoms with van der Waals surface area (Å²) in [5, 5.41) is 10.9. The molecule has 2 aromatic carbocycles. The molecule has 0 radical (unpaired) electrons. The Labute approximate surface area is 178 Å². The SMILES string of the molecule is CCOC(=O)[C@H](C)OC(=O)c1cc(Oc2ccc(C(F)(F)F)cc2Cl)ccc1[N+](=O)[O-]. The van der Waals surface area contributed by atoms with Crippen LogP contribution in [0.2, 0.25) is 5.02 Å². The fourth-order valence-corrected chi connectivity index (χ4v) is 2.54. The molecule has 0 aliphatic heterocycles. The largest absolute Gasteiger partial charge is 0.463 e. The summed E-state index contributed by atoms with van der Waals surface area (Å²) in [6, 6.07) is 5.37. The number of hydrogen-bond donors (Lipinski definition) is 0. The van der Waals surface area contributed by atoms with E-state index in [1.54, 1.807) is 6.92 Å². The molecule has 0 heterocycles. The minimum Gasteiger partial charge on any atom is -0.463 e. The number of ether oxygens (including phenoxy) is 3. The number of carbonyl (C=O) groups excluding carboxylic acids is 2. The van der Waals surface area contributed by atoms with Crippen molar-refractivity contribution >= 4 is 29.2 Å². The molecule has 0 N–H and O–H groups in total. The first-order chi connectivity index (χ1) is 14.4. The summed E-state index contributed by atoms with van der Waals surface area (Å²) in [6.07, 6.45) is -5.94. The van der Waals surface area contributed by atoms with Crippen molar-refractivity contribution in [2.75, 3.05) is 6.61 Å². The average molecular weight is 462 g/mol. The summed E-state index contributed by atoms with van der Waals surface area (Å²) in [4.78, 5) is 34.4. The molecular weight excluding hydrogens is 447 g/mol. The lowest BCUT2D eigenvalue weighted by Crippen LogP contribution is -2.26. The molecule has 12 heteroatoms. The topological polar surface area (TPSA) is 105 Å². The molecule has 0 spiro atoms. The summed E-state index contributed by atoms with van der Waals surface area (Å²) < 4.78 is 53.2. The molecule has 2 aromatic rings. The van der Waals surface area contributed by atoms with Gasteiger partial charge in [-0.15, -0.1) is 0 Å². The Morgan fingerprint density at radius 1 is 1.19 bits per heavy atom. The average Bonchev–Trinajstić information content (AvgIpc) is 2.68. The highest BCUT2D eigenvalue weighted by atomic mass is 35.5. The first-order valence-electron chi connectivity index (χ1n) is 8.64. The molecule has 31 heavy (non-hydrogen) atoms. The second-order valence-electron chi connectivity index (χ2n) is 5.98. The Kier molecular flexibility index (Phi) is 7.45. The van der Waals surface area contributed by atoms with Crippen molar-refractivity contribution in [2.24, 2.45) is 0 Å². The van der Waals surface area contributed by atoms with E-state index in [0.717, 1.165) is 30.3 Å². The Morgan fingerprint density at radius 2 is 1.87 bits per heavy atom. The number of carbonyl (C=O) groups is 2. The second kappa shape index (κ2) is 9.65. The van der Waals surface area contributed by atoms with Gasteiger partial charge in [-0.1, -0.05) is 11.6 Å². The molecule has 0 unspecified atom stereocenters. The molecule has 8 nitrogen and oxygen atoms in total. The van der Waals surface area contributed by atoms with E-state index >= 15 is 0 Å². The molecule has 0 saturated carbocycles. The summed E-state index contributed by atoms with van der Waals surface area (Å²) in [7, 11) is 0. The van der Waals surface area contributed by atoms with E-state index in [9.17, 15) is 32.9 Å². The molecule has 2 rings (SSSR count). The van der Waals surface area contributed by atoms with Crippen LogP contribution in [-0.2, 0) is 20.4 Å². The van der Waals surface area contributed by atoms with E-state index < -0.39 is 46.0 Å². The molecule has 0 amide bonds. The van der Waals surface area contributed by atoms with Crippen LogP contribution in [0.4, 0.5) is 18.9 Å². The minimum atomic E-state index is -4.61. The highest BCUT2D eigenvalue weighted by Gasteiger charge is 2.31. The molecule has 0 aliphatic carbocycles. The Morgan fingerprint density at radius 3 is 2.42 bits per heavy atom. The Balaban J connectivity index is 2.32. The predicted molar refractivity (Wildman–Crippen MR) is 101 cm³/mol. The monoisotopic (exact) mass is 461 g/mol. The van der Waals surface area contributed by atoms with Crippen molar-refractivity contribution in [2.45, 2.75) is 26.1 Å². The van der Waals surface area contributed by atoms with Gasteiger partial charge < -0.3 is 14.2 Å². The molecule has 0 aliphatic rings. The van der Waals surface area contributed by atoms with Gasteiger partial charge in [-0.05, 0) is 38.1 Å². The molecule has 0 aromatic heterocycles. The third kappa shape index (κ3) is 6.07. The van der Waals surface area contributed by atoms with Crippen LogP contribution in [0.3, 0.4) is 0 Å². The summed E-state index contributed by atoms with van der Waals surface area (Å²) >= 11 is 5.83. The Hall–Kier alpha value is -3.34. The van der Waals surface area contributed by atoms with Gasteiger partial charge in [0.1, 0.15) is 17.1 Å². The number of benzene rings is 2. The zero-order valence-corrected chi connectivity index (χ0v) is 16.8. The number of esters is 2. The highest BCUT2D eigenvalue weighted by Crippen LogP contribution is 2.37. The van der Waals surface area contributed by atoms with Crippen LogP contribution in [-0.4, -0.2) is 29.6 Å². The van der Waals surface area contributed by atoms with Gasteiger partial charge in [0.05, 0.1) is 22.1 Å². The first-order valence-corrected chi connectivity index (χ1v) is 9.02. The van der Waals surface area contributed by atoms with Crippen LogP contribution in [0.25, 0.3) is 0 Å². The number of nitro benzene ring substituents is 1. The van der Waals surface area contributed by atoms with E-state index in [4.69, 9.17) is 25.8 Å². The smallest absolute Gasteiger partial charge is 0.416 e. The summed E-state index contributed by atoms with van der Waals surface area (Å²) in [6.45, 7) is 2.81. The summed E-state index contributed by atoms with van der Waals surface area (Å²) in [5.74, 6) is -2.36. The highest BCUT2D eigenvalue weighted by molar-refractivity contribution is 6.32. The van der Waals surface area contributed by atoms with Gasteiger partial charge in [-0.2, -0.15) is 13.2 Å². The first kappa shape index (κ1) is 23.9. The second-order valence-corrected chi connectivity index (χ2v) is 6.39. The van der Waals surface area contributed by atoms with Gasteiger partial charge >= 0.3 is 18.1 Å².